The number of carbonyl (C=O) groups excluding carboxylic acids is 2. The van der Waals surface area contributed by atoms with Gasteiger partial charge in [-0.1, -0.05) is 11.6 Å². The van der Waals surface area contributed by atoms with Gasteiger partial charge in [0.05, 0.1) is 7.11 Å². The fourth-order valence-corrected chi connectivity index (χ4v) is 3.86. The number of hydrogen-bond acceptors (Lipinski definition) is 4. The molecule has 0 bridgehead atoms. The van der Waals surface area contributed by atoms with Crippen molar-refractivity contribution in [2.24, 2.45) is 0 Å². The number of H-pyrrole nitrogens is 1. The van der Waals surface area contributed by atoms with Crippen LogP contribution < -0.4 is 5.32 Å². The summed E-state index contributed by atoms with van der Waals surface area (Å²) in [6, 6.07) is 5.27. The second-order valence-electron chi connectivity index (χ2n) is 7.05. The molecule has 1 saturated heterocycles. The third-order valence-corrected chi connectivity index (χ3v) is 5.29. The van der Waals surface area contributed by atoms with Gasteiger partial charge < -0.3 is 15.0 Å². The number of hydrogen-bond donors (Lipinski definition) is 2. The molecule has 0 spiro atoms. The number of rotatable bonds is 4. The van der Waals surface area contributed by atoms with Crippen LogP contribution in [0.2, 0.25) is 5.02 Å². The molecule has 7 heteroatoms. The van der Waals surface area contributed by atoms with Gasteiger partial charge in [0, 0.05) is 34.6 Å². The molecule has 2 aromatic rings. The van der Waals surface area contributed by atoms with Gasteiger partial charge in [-0.15, -0.1) is 0 Å². The average molecular weight is 378 g/mol. The Morgan fingerprint density at radius 1 is 1.38 bits per heavy atom. The van der Waals surface area contributed by atoms with Gasteiger partial charge in [-0.25, -0.2) is 0 Å². The lowest BCUT2D eigenvalue weighted by atomic mass is 10.1. The van der Waals surface area contributed by atoms with Crippen molar-refractivity contribution in [1.82, 2.24) is 15.2 Å². The number of esters is 1. The number of nitrogens with one attached hydrogen (secondary N) is 2. The maximum absolute atomic E-state index is 12.8. The van der Waals surface area contributed by atoms with Crippen LogP contribution in [0.1, 0.15) is 36.3 Å². The largest absolute Gasteiger partial charge is 0.468 e. The average Bonchev–Trinajstić information content (AvgIpc) is 3.16. The van der Waals surface area contributed by atoms with Crippen molar-refractivity contribution in [2.45, 2.75) is 45.3 Å². The van der Waals surface area contributed by atoms with Crippen LogP contribution in [0.4, 0.5) is 0 Å². The molecule has 3 rings (SSSR count). The van der Waals surface area contributed by atoms with Crippen LogP contribution in [0.3, 0.4) is 0 Å². The van der Waals surface area contributed by atoms with Crippen molar-refractivity contribution in [1.29, 1.82) is 0 Å². The highest BCUT2D eigenvalue weighted by molar-refractivity contribution is 6.31. The molecule has 1 aliphatic rings. The van der Waals surface area contributed by atoms with Crippen LogP contribution in [-0.4, -0.2) is 53.5 Å². The van der Waals surface area contributed by atoms with Gasteiger partial charge in [-0.05, 0) is 51.0 Å². The minimum Gasteiger partial charge on any atom is -0.468 e. The Morgan fingerprint density at radius 3 is 2.77 bits per heavy atom. The summed E-state index contributed by atoms with van der Waals surface area (Å²) in [6.45, 7) is 6.59. The normalized spacial score (nSPS) is 20.7. The van der Waals surface area contributed by atoms with Gasteiger partial charge in [-0.2, -0.15) is 0 Å². The van der Waals surface area contributed by atoms with Gasteiger partial charge in [0.2, 0.25) is 0 Å². The molecule has 1 aromatic heterocycles. The number of likely N-dealkylation sites (tertiary alicyclic amines) is 1. The maximum Gasteiger partial charge on any atom is 0.323 e. The number of halogens is 1. The monoisotopic (exact) mass is 377 g/mol. The van der Waals surface area contributed by atoms with E-state index in [-0.39, 0.29) is 30.0 Å². The molecule has 140 valence electrons. The Morgan fingerprint density at radius 2 is 2.12 bits per heavy atom. The van der Waals surface area contributed by atoms with E-state index < -0.39 is 0 Å². The highest BCUT2D eigenvalue weighted by Gasteiger charge is 2.39. The van der Waals surface area contributed by atoms with Crippen LogP contribution in [0.25, 0.3) is 10.9 Å². The summed E-state index contributed by atoms with van der Waals surface area (Å²) in [4.78, 5) is 30.1. The first kappa shape index (κ1) is 18.7. The lowest BCUT2D eigenvalue weighted by Crippen LogP contribution is -2.42. The fourth-order valence-electron chi connectivity index (χ4n) is 3.69. The van der Waals surface area contributed by atoms with Crippen LogP contribution in [0.15, 0.2) is 18.2 Å². The molecule has 1 amide bonds. The Balaban J connectivity index is 1.78. The van der Waals surface area contributed by atoms with Gasteiger partial charge in [0.1, 0.15) is 11.7 Å². The molecule has 6 nitrogen and oxygen atoms in total. The highest BCUT2D eigenvalue weighted by atomic mass is 35.5. The summed E-state index contributed by atoms with van der Waals surface area (Å²) in [7, 11) is 1.39. The lowest BCUT2D eigenvalue weighted by Gasteiger charge is -2.25. The topological polar surface area (TPSA) is 74.4 Å². The zero-order chi connectivity index (χ0) is 19.0. The van der Waals surface area contributed by atoms with Crippen LogP contribution >= 0.6 is 11.6 Å². The number of aromatic amines is 1. The van der Waals surface area contributed by atoms with E-state index in [2.05, 4.69) is 15.2 Å². The molecule has 0 saturated carbocycles. The second-order valence-corrected chi connectivity index (χ2v) is 7.49. The van der Waals surface area contributed by atoms with E-state index >= 15 is 0 Å². The van der Waals surface area contributed by atoms with Gasteiger partial charge >= 0.3 is 5.97 Å². The molecule has 0 aliphatic carbocycles. The standard InChI is InChI=1S/C19H24ClN3O3/c1-10(2)23-9-13(8-16(23)19(25)26-4)21-18(24)17-11(3)14-7-12(20)5-6-15(14)22-17/h5-7,10,13,16,22H,8-9H2,1-4H3,(H,21,24)/t13-,16+/m1/s1. The van der Waals surface area contributed by atoms with E-state index in [0.29, 0.717) is 23.7 Å². The van der Waals surface area contributed by atoms with Crippen molar-refractivity contribution in [2.75, 3.05) is 13.7 Å². The predicted molar refractivity (Wildman–Crippen MR) is 102 cm³/mol. The number of benzene rings is 1. The zero-order valence-electron chi connectivity index (χ0n) is 15.4. The summed E-state index contributed by atoms with van der Waals surface area (Å²) in [5.41, 5.74) is 2.27. The van der Waals surface area contributed by atoms with Gasteiger partial charge in [0.15, 0.2) is 0 Å². The van der Waals surface area contributed by atoms with Crippen molar-refractivity contribution in [3.8, 4) is 0 Å². The molecular formula is C19H24ClN3O3. The van der Waals surface area contributed by atoms with Crippen molar-refractivity contribution < 1.29 is 14.3 Å². The smallest absolute Gasteiger partial charge is 0.323 e. The van der Waals surface area contributed by atoms with Gasteiger partial charge in [0.25, 0.3) is 5.91 Å². The van der Waals surface area contributed by atoms with E-state index in [1.165, 1.54) is 7.11 Å². The number of carbonyl (C=O) groups is 2. The minimum absolute atomic E-state index is 0.108. The second kappa shape index (κ2) is 7.29. The Hall–Kier alpha value is -2.05. The summed E-state index contributed by atoms with van der Waals surface area (Å²) in [5, 5.41) is 4.62. The van der Waals surface area contributed by atoms with Crippen LogP contribution in [0, 0.1) is 6.92 Å². The molecule has 1 aromatic carbocycles. The van der Waals surface area contributed by atoms with Crippen molar-refractivity contribution >= 4 is 34.4 Å². The molecule has 1 aliphatic heterocycles. The number of ether oxygens (including phenoxy) is 1. The van der Waals surface area contributed by atoms with Crippen molar-refractivity contribution in [3.63, 3.8) is 0 Å². The molecular weight excluding hydrogens is 354 g/mol. The van der Waals surface area contributed by atoms with E-state index in [1.54, 1.807) is 6.07 Å². The molecule has 0 radical (unpaired) electrons. The third-order valence-electron chi connectivity index (χ3n) is 5.06. The zero-order valence-corrected chi connectivity index (χ0v) is 16.2. The number of aromatic nitrogens is 1. The first-order valence-corrected chi connectivity index (χ1v) is 9.12. The molecule has 1 fully saturated rings. The summed E-state index contributed by atoms with van der Waals surface area (Å²) >= 11 is 6.06. The van der Waals surface area contributed by atoms with E-state index in [9.17, 15) is 9.59 Å². The fraction of sp³-hybridized carbons (Fsp3) is 0.474. The number of amides is 1. The van der Waals surface area contributed by atoms with Crippen LogP contribution in [0.5, 0.6) is 0 Å². The van der Waals surface area contributed by atoms with Crippen LogP contribution in [-0.2, 0) is 9.53 Å². The van der Waals surface area contributed by atoms with Gasteiger partial charge in [-0.3, -0.25) is 14.5 Å². The molecule has 2 heterocycles. The van der Waals surface area contributed by atoms with E-state index in [4.69, 9.17) is 16.3 Å². The number of aryl methyl sites for hydroxylation is 1. The number of nitrogens with zero attached hydrogens (tertiary/aromatic N) is 1. The number of fused-ring (bicyclic) bond motifs is 1. The Kier molecular flexibility index (Phi) is 5.25. The summed E-state index contributed by atoms with van der Waals surface area (Å²) < 4.78 is 4.91. The first-order chi connectivity index (χ1) is 12.3. The van der Waals surface area contributed by atoms with E-state index in [1.807, 2.05) is 32.9 Å². The highest BCUT2D eigenvalue weighted by Crippen LogP contribution is 2.26. The maximum atomic E-state index is 12.8. The Labute approximate surface area is 157 Å². The molecule has 0 unspecified atom stereocenters. The van der Waals surface area contributed by atoms with Crippen molar-refractivity contribution in [3.05, 3.63) is 34.5 Å². The molecule has 2 atom stereocenters. The summed E-state index contributed by atoms with van der Waals surface area (Å²) in [5.74, 6) is -0.430. The molecule has 26 heavy (non-hydrogen) atoms. The number of methoxy groups -OCH3 is 1. The molecule has 2 N–H and O–H groups in total. The quantitative estimate of drug-likeness (QED) is 0.803. The van der Waals surface area contributed by atoms with E-state index in [0.717, 1.165) is 16.5 Å². The SMILES string of the molecule is COC(=O)[C@@H]1C[C@@H](NC(=O)c2[nH]c3ccc(Cl)cc3c2C)CN1C(C)C. The first-order valence-electron chi connectivity index (χ1n) is 8.74. The predicted octanol–water partition coefficient (Wildman–Crippen LogP) is 2.88. The minimum atomic E-state index is -0.326. The summed E-state index contributed by atoms with van der Waals surface area (Å²) in [6.07, 6.45) is 0.543. The third kappa shape index (κ3) is 3.44. The Bertz CT molecular complexity index is 846. The lowest BCUT2D eigenvalue weighted by molar-refractivity contribution is -0.146.